The van der Waals surface area contributed by atoms with Crippen molar-refractivity contribution in [1.29, 1.82) is 0 Å². The van der Waals surface area contributed by atoms with Crippen molar-refractivity contribution < 1.29 is 74.3 Å². The van der Waals surface area contributed by atoms with E-state index in [-0.39, 0.29) is 36.9 Å². The van der Waals surface area contributed by atoms with Crippen molar-refractivity contribution in [2.24, 2.45) is 5.41 Å². The van der Waals surface area contributed by atoms with Crippen LogP contribution >= 0.6 is 0 Å². The molecule has 0 fully saturated rings. The summed E-state index contributed by atoms with van der Waals surface area (Å²) in [5.41, 5.74) is 1.31. The number of hydrogen-bond acceptors (Lipinski definition) is 15. The Labute approximate surface area is 371 Å². The average Bonchev–Trinajstić information content (AvgIpc) is 3.19. The number of carboxylic acid groups (broad SMARTS) is 1. The lowest BCUT2D eigenvalue weighted by molar-refractivity contribution is -0.140. The molecule has 0 radical (unpaired) electrons. The highest BCUT2D eigenvalue weighted by atomic mass is 32.2. The summed E-state index contributed by atoms with van der Waals surface area (Å²) in [5, 5.41) is 13.9. The highest BCUT2D eigenvalue weighted by molar-refractivity contribution is 7.91. The molecule has 2 rings (SSSR count). The molecule has 0 aliphatic carbocycles. The minimum Gasteiger partial charge on any atom is -0.491 e. The number of carboxylic acids is 1. The number of sulfone groups is 2. The van der Waals surface area contributed by atoms with Gasteiger partial charge in [0.15, 0.2) is 32.9 Å². The van der Waals surface area contributed by atoms with Gasteiger partial charge >= 0.3 is 11.9 Å². The van der Waals surface area contributed by atoms with Crippen LogP contribution in [0.4, 0.5) is 0 Å². The smallest absolute Gasteiger partial charge is 0.306 e. The second-order valence-electron chi connectivity index (χ2n) is 16.6. The third kappa shape index (κ3) is 21.6. The lowest BCUT2D eigenvalue weighted by Crippen LogP contribution is -2.34. The molecule has 0 heterocycles. The van der Waals surface area contributed by atoms with E-state index in [0.717, 1.165) is 12.7 Å². The first-order valence-corrected chi connectivity index (χ1v) is 24.2. The van der Waals surface area contributed by atoms with Crippen LogP contribution < -0.4 is 24.8 Å². The van der Waals surface area contributed by atoms with E-state index in [1.54, 1.807) is 13.2 Å². The van der Waals surface area contributed by atoms with Gasteiger partial charge in [-0.15, -0.1) is 0 Å². The van der Waals surface area contributed by atoms with E-state index in [4.69, 9.17) is 33.5 Å². The number of ether oxygens (including phenoxy) is 7. The molecule has 0 saturated heterocycles. The third-order valence-corrected chi connectivity index (χ3v) is 12.6. The van der Waals surface area contributed by atoms with Gasteiger partial charge in [0.05, 0.1) is 76.0 Å². The zero-order valence-electron chi connectivity index (χ0n) is 37.7. The maximum Gasteiger partial charge on any atom is 0.306 e. The first kappa shape index (κ1) is 54.6. The predicted octanol–water partition coefficient (Wildman–Crippen LogP) is 3.08. The summed E-state index contributed by atoms with van der Waals surface area (Å²) in [6.45, 7) is 13.1. The van der Waals surface area contributed by atoms with Gasteiger partial charge in [-0.25, -0.2) is 16.8 Å². The van der Waals surface area contributed by atoms with E-state index in [2.05, 4.69) is 36.1 Å². The summed E-state index contributed by atoms with van der Waals surface area (Å²) < 4.78 is 87.8. The molecule has 63 heavy (non-hydrogen) atoms. The standard InChI is InChI=1S/C43H66N2O16S2/c1-42(2,3)34-27-33(41(43(4,5)6)31-9-11-32(12-10-31)59-22-21-58-20-19-57-18-17-55-7)35(60-29-37(46)44-15-25-62(51,52)23-13-39(48)49)28-36(34)61-30-38(47)45-16-26-63(53,54)24-14-40(50)56-8/h9-12,27-28,41H,13-26,29-30H2,1-8H3,(H,44,46)(H,45,47)(H,48,49). The summed E-state index contributed by atoms with van der Waals surface area (Å²) in [6.07, 6.45) is -0.853. The van der Waals surface area contributed by atoms with E-state index in [0.29, 0.717) is 56.5 Å². The molecular weight excluding hydrogens is 865 g/mol. The number of methoxy groups -OCH3 is 2. The second kappa shape index (κ2) is 26.3. The van der Waals surface area contributed by atoms with Crippen molar-refractivity contribution in [3.63, 3.8) is 0 Å². The summed E-state index contributed by atoms with van der Waals surface area (Å²) in [6, 6.07) is 11.1. The van der Waals surface area contributed by atoms with Crippen LogP contribution in [-0.2, 0) is 63.2 Å². The number of aliphatic carboxylic acids is 1. The van der Waals surface area contributed by atoms with Crippen molar-refractivity contribution in [3.05, 3.63) is 53.1 Å². The molecule has 1 unspecified atom stereocenters. The van der Waals surface area contributed by atoms with E-state index < -0.39 is 96.9 Å². The molecule has 0 spiro atoms. The average molecular weight is 931 g/mol. The minimum atomic E-state index is -3.73. The van der Waals surface area contributed by atoms with Crippen LogP contribution in [0.1, 0.15) is 77.0 Å². The highest BCUT2D eigenvalue weighted by Crippen LogP contribution is 2.48. The molecule has 0 aliphatic heterocycles. The third-order valence-electron chi connectivity index (χ3n) is 9.27. The Kier molecular flexibility index (Phi) is 22.8. The zero-order valence-corrected chi connectivity index (χ0v) is 39.4. The van der Waals surface area contributed by atoms with Crippen LogP contribution in [0.3, 0.4) is 0 Å². The Morgan fingerprint density at radius 2 is 1.16 bits per heavy atom. The van der Waals surface area contributed by atoms with Crippen LogP contribution in [0.15, 0.2) is 36.4 Å². The fourth-order valence-electron chi connectivity index (χ4n) is 6.09. The maximum absolute atomic E-state index is 13.0. The fraction of sp³-hybridized carbons (Fsp3) is 0.628. The van der Waals surface area contributed by atoms with Gasteiger partial charge in [-0.1, -0.05) is 53.7 Å². The molecule has 0 bridgehead atoms. The van der Waals surface area contributed by atoms with E-state index >= 15 is 0 Å². The molecule has 2 aromatic rings. The highest BCUT2D eigenvalue weighted by Gasteiger charge is 2.34. The number of carbonyl (C=O) groups excluding carboxylic acids is 3. The van der Waals surface area contributed by atoms with Crippen LogP contribution in [0.2, 0.25) is 0 Å². The molecule has 2 aromatic carbocycles. The molecule has 18 nitrogen and oxygen atoms in total. The van der Waals surface area contributed by atoms with Gasteiger partial charge in [0.25, 0.3) is 11.8 Å². The topological polar surface area (TPSA) is 245 Å². The minimum absolute atomic E-state index is 0.211. The predicted molar refractivity (Wildman–Crippen MR) is 235 cm³/mol. The summed E-state index contributed by atoms with van der Waals surface area (Å²) in [4.78, 5) is 48.2. The largest absolute Gasteiger partial charge is 0.491 e. The number of amides is 2. The second-order valence-corrected chi connectivity index (χ2v) is 21.2. The van der Waals surface area contributed by atoms with Gasteiger partial charge in [-0.2, -0.15) is 0 Å². The fourth-order valence-corrected chi connectivity index (χ4v) is 8.29. The van der Waals surface area contributed by atoms with Gasteiger partial charge < -0.3 is 48.9 Å². The summed E-state index contributed by atoms with van der Waals surface area (Å²) in [5.74, 6) is -4.17. The van der Waals surface area contributed by atoms with E-state index in [1.165, 1.54) is 0 Å². The van der Waals surface area contributed by atoms with E-state index in [1.807, 2.05) is 51.1 Å². The molecular formula is C43H66N2O16S2. The van der Waals surface area contributed by atoms with Gasteiger partial charge in [-0.05, 0) is 34.6 Å². The molecule has 0 saturated carbocycles. The molecule has 20 heteroatoms. The van der Waals surface area contributed by atoms with Crippen LogP contribution in [-0.4, -0.2) is 149 Å². The van der Waals surface area contributed by atoms with Crippen LogP contribution in [0, 0.1) is 5.41 Å². The zero-order chi connectivity index (χ0) is 47.3. The molecule has 0 aromatic heterocycles. The van der Waals surface area contributed by atoms with Crippen molar-refractivity contribution in [2.45, 2.75) is 65.7 Å². The molecule has 1 atom stereocenters. The number of benzene rings is 2. The van der Waals surface area contributed by atoms with Crippen molar-refractivity contribution >= 4 is 43.4 Å². The van der Waals surface area contributed by atoms with Gasteiger partial charge in [0.1, 0.15) is 23.9 Å². The number of esters is 1. The SMILES string of the molecule is COCCOCCOCCOc1ccc(C(c2cc(C(C)(C)C)c(OCC(=O)NCCS(=O)(=O)CCC(=O)OC)cc2OCC(=O)NCCS(=O)(=O)CCC(=O)O)C(C)(C)C)cc1. The normalized spacial score (nSPS) is 12.6. The quantitative estimate of drug-likeness (QED) is 0.0753. The van der Waals surface area contributed by atoms with Crippen LogP contribution in [0.5, 0.6) is 17.2 Å². The number of rotatable bonds is 30. The van der Waals surface area contributed by atoms with Gasteiger partial charge in [-0.3, -0.25) is 19.2 Å². The van der Waals surface area contributed by atoms with Gasteiger partial charge in [0.2, 0.25) is 0 Å². The Balaban J connectivity index is 2.40. The first-order chi connectivity index (χ1) is 29.5. The molecule has 356 valence electrons. The van der Waals surface area contributed by atoms with Gasteiger partial charge in [0, 0.05) is 43.3 Å². The Morgan fingerprint density at radius 1 is 0.651 bits per heavy atom. The number of hydrogen-bond donors (Lipinski definition) is 3. The Morgan fingerprint density at radius 3 is 1.65 bits per heavy atom. The Hall–Kier alpha value is -4.50. The summed E-state index contributed by atoms with van der Waals surface area (Å²) in [7, 11) is -4.62. The molecule has 3 N–H and O–H groups in total. The lowest BCUT2D eigenvalue weighted by atomic mass is 9.71. The Bertz CT molecular complexity index is 1990. The lowest BCUT2D eigenvalue weighted by Gasteiger charge is -2.35. The number of carbonyl (C=O) groups is 4. The molecule has 2 amide bonds. The van der Waals surface area contributed by atoms with Crippen molar-refractivity contribution in [2.75, 3.05) is 103 Å². The van der Waals surface area contributed by atoms with E-state index in [9.17, 15) is 36.0 Å². The number of nitrogens with one attached hydrogen (secondary N) is 2. The first-order valence-electron chi connectivity index (χ1n) is 20.5. The summed E-state index contributed by atoms with van der Waals surface area (Å²) >= 11 is 0. The molecule has 0 aliphatic rings. The monoisotopic (exact) mass is 930 g/mol. The van der Waals surface area contributed by atoms with Crippen molar-refractivity contribution in [1.82, 2.24) is 10.6 Å². The maximum atomic E-state index is 13.0. The van der Waals surface area contributed by atoms with Crippen molar-refractivity contribution in [3.8, 4) is 17.2 Å². The van der Waals surface area contributed by atoms with Crippen LogP contribution in [0.25, 0.3) is 0 Å².